The molecule has 0 radical (unpaired) electrons. The predicted molar refractivity (Wildman–Crippen MR) is 81.1 cm³/mol. The molecule has 0 spiro atoms. The molecule has 1 aliphatic carbocycles. The van der Waals surface area contributed by atoms with Gasteiger partial charge in [0.25, 0.3) is 5.69 Å². The third-order valence-corrected chi connectivity index (χ3v) is 5.35. The first-order chi connectivity index (χ1) is 9.08. The molecule has 0 bridgehead atoms. The summed E-state index contributed by atoms with van der Waals surface area (Å²) < 4.78 is 0. The van der Waals surface area contributed by atoms with Gasteiger partial charge in [-0.05, 0) is 30.7 Å². The Morgan fingerprint density at radius 2 is 2.05 bits per heavy atom. The second-order valence-corrected chi connectivity index (χ2v) is 6.73. The highest BCUT2D eigenvalue weighted by atomic mass is 79.9. The molecule has 1 saturated carbocycles. The van der Waals surface area contributed by atoms with Crippen molar-refractivity contribution in [2.24, 2.45) is 5.92 Å². The molecule has 104 valence electrons. The van der Waals surface area contributed by atoms with Gasteiger partial charge in [0.2, 0.25) is 0 Å². The Bertz CT molecular complexity index is 467. The van der Waals surface area contributed by atoms with E-state index in [2.05, 4.69) is 15.9 Å². The van der Waals surface area contributed by atoms with Gasteiger partial charge in [0.15, 0.2) is 0 Å². The van der Waals surface area contributed by atoms with E-state index in [4.69, 9.17) is 11.6 Å². The van der Waals surface area contributed by atoms with E-state index in [1.807, 2.05) is 0 Å². The molecule has 0 saturated heterocycles. The Hall–Kier alpha value is -0.610. The number of hydrogen-bond donors (Lipinski definition) is 0. The van der Waals surface area contributed by atoms with Crippen LogP contribution in [0.15, 0.2) is 18.2 Å². The summed E-state index contributed by atoms with van der Waals surface area (Å²) in [5.41, 5.74) is 1.08. The molecule has 1 fully saturated rings. The number of halogens is 2. The van der Waals surface area contributed by atoms with Crippen LogP contribution >= 0.6 is 27.5 Å². The predicted octanol–water partition coefficient (Wildman–Crippen LogP) is 5.13. The Morgan fingerprint density at radius 1 is 1.32 bits per heavy atom. The minimum Gasteiger partial charge on any atom is -0.258 e. The number of hydrogen-bond acceptors (Lipinski definition) is 2. The quantitative estimate of drug-likeness (QED) is 0.329. The fourth-order valence-electron chi connectivity index (χ4n) is 2.67. The first-order valence-corrected chi connectivity index (χ1v) is 7.94. The molecule has 0 aliphatic heterocycles. The van der Waals surface area contributed by atoms with Crippen LogP contribution in [-0.2, 0) is 6.42 Å². The third kappa shape index (κ3) is 3.93. The zero-order valence-corrected chi connectivity index (χ0v) is 13.0. The van der Waals surface area contributed by atoms with Gasteiger partial charge in [-0.25, -0.2) is 0 Å². The smallest absolute Gasteiger partial charge is 0.258 e. The monoisotopic (exact) mass is 345 g/mol. The molecule has 0 amide bonds. The SMILES string of the molecule is O=[N+]([O-])c1ccc(CC2CCCCCC2Br)c(Cl)c1. The van der Waals surface area contributed by atoms with Crippen LogP contribution in [0.1, 0.15) is 37.7 Å². The van der Waals surface area contributed by atoms with Gasteiger partial charge in [0.1, 0.15) is 0 Å². The molecule has 3 nitrogen and oxygen atoms in total. The number of non-ortho nitro benzene ring substituents is 1. The van der Waals surface area contributed by atoms with Crippen molar-refractivity contribution in [3.63, 3.8) is 0 Å². The summed E-state index contributed by atoms with van der Waals surface area (Å²) in [6, 6.07) is 4.79. The Labute approximate surface area is 126 Å². The van der Waals surface area contributed by atoms with E-state index in [0.717, 1.165) is 12.0 Å². The van der Waals surface area contributed by atoms with Crippen LogP contribution in [0.25, 0.3) is 0 Å². The normalized spacial score (nSPS) is 23.9. The minimum atomic E-state index is -0.408. The average molecular weight is 347 g/mol. The number of rotatable bonds is 3. The molecular weight excluding hydrogens is 330 g/mol. The summed E-state index contributed by atoms with van der Waals surface area (Å²) in [6.45, 7) is 0. The summed E-state index contributed by atoms with van der Waals surface area (Å²) >= 11 is 9.93. The maximum atomic E-state index is 10.7. The van der Waals surface area contributed by atoms with Gasteiger partial charge in [-0.1, -0.05) is 52.9 Å². The van der Waals surface area contributed by atoms with E-state index < -0.39 is 4.92 Å². The highest BCUT2D eigenvalue weighted by molar-refractivity contribution is 9.09. The Kier molecular flexibility index (Phi) is 5.22. The van der Waals surface area contributed by atoms with E-state index in [9.17, 15) is 10.1 Å². The number of benzene rings is 1. The van der Waals surface area contributed by atoms with Crippen molar-refractivity contribution in [3.05, 3.63) is 38.9 Å². The molecule has 19 heavy (non-hydrogen) atoms. The Morgan fingerprint density at radius 3 is 2.74 bits per heavy atom. The number of nitro groups is 1. The van der Waals surface area contributed by atoms with Gasteiger partial charge < -0.3 is 0 Å². The molecule has 2 unspecified atom stereocenters. The lowest BCUT2D eigenvalue weighted by atomic mass is 9.92. The second kappa shape index (κ2) is 6.71. The molecule has 2 rings (SSSR count). The van der Waals surface area contributed by atoms with Crippen LogP contribution in [0, 0.1) is 16.0 Å². The van der Waals surface area contributed by atoms with E-state index in [-0.39, 0.29) is 5.69 Å². The number of alkyl halides is 1. The molecule has 0 N–H and O–H groups in total. The van der Waals surface area contributed by atoms with Crippen LogP contribution < -0.4 is 0 Å². The van der Waals surface area contributed by atoms with Gasteiger partial charge in [0, 0.05) is 17.0 Å². The summed E-state index contributed by atoms with van der Waals surface area (Å²) in [4.78, 5) is 10.8. The second-order valence-electron chi connectivity index (χ2n) is 5.15. The van der Waals surface area contributed by atoms with Gasteiger partial charge in [-0.2, -0.15) is 0 Å². The van der Waals surface area contributed by atoms with Crippen molar-refractivity contribution in [1.82, 2.24) is 0 Å². The zero-order chi connectivity index (χ0) is 13.8. The van der Waals surface area contributed by atoms with Gasteiger partial charge in [0.05, 0.1) is 9.95 Å². The van der Waals surface area contributed by atoms with Gasteiger partial charge in [-0.15, -0.1) is 0 Å². The van der Waals surface area contributed by atoms with E-state index >= 15 is 0 Å². The van der Waals surface area contributed by atoms with Crippen LogP contribution in [0.2, 0.25) is 5.02 Å². The zero-order valence-electron chi connectivity index (χ0n) is 10.6. The van der Waals surface area contributed by atoms with Gasteiger partial charge >= 0.3 is 0 Å². The lowest BCUT2D eigenvalue weighted by Crippen LogP contribution is -2.15. The first-order valence-electron chi connectivity index (χ1n) is 6.65. The maximum Gasteiger partial charge on any atom is 0.270 e. The fourth-order valence-corrected chi connectivity index (χ4v) is 3.69. The largest absolute Gasteiger partial charge is 0.270 e. The summed E-state index contributed by atoms with van der Waals surface area (Å²) in [7, 11) is 0. The lowest BCUT2D eigenvalue weighted by molar-refractivity contribution is -0.384. The van der Waals surface area contributed by atoms with E-state index in [0.29, 0.717) is 15.8 Å². The first kappa shape index (κ1) is 14.8. The molecule has 0 aromatic heterocycles. The average Bonchev–Trinajstić information content (AvgIpc) is 2.57. The maximum absolute atomic E-state index is 10.7. The van der Waals surface area contributed by atoms with Crippen molar-refractivity contribution in [1.29, 1.82) is 0 Å². The highest BCUT2D eigenvalue weighted by Crippen LogP contribution is 2.33. The molecule has 5 heteroatoms. The standard InChI is InChI=1S/C14H17BrClNO2/c15-13-5-3-1-2-4-10(13)8-11-6-7-12(17(18)19)9-14(11)16/h6-7,9-10,13H,1-5,8H2. The third-order valence-electron chi connectivity index (χ3n) is 3.80. The Balaban J connectivity index is 2.11. The minimum absolute atomic E-state index is 0.0602. The van der Waals surface area contributed by atoms with E-state index in [1.165, 1.54) is 38.2 Å². The molecule has 1 aliphatic rings. The van der Waals surface area contributed by atoms with Crippen molar-refractivity contribution in [2.45, 2.75) is 43.4 Å². The molecule has 0 heterocycles. The van der Waals surface area contributed by atoms with Crippen LogP contribution in [0.5, 0.6) is 0 Å². The van der Waals surface area contributed by atoms with Gasteiger partial charge in [-0.3, -0.25) is 10.1 Å². The molecule has 1 aromatic rings. The summed E-state index contributed by atoms with van der Waals surface area (Å²) in [5, 5.41) is 11.2. The van der Waals surface area contributed by atoms with E-state index in [1.54, 1.807) is 12.1 Å². The lowest BCUT2D eigenvalue weighted by Gasteiger charge is -2.20. The highest BCUT2D eigenvalue weighted by Gasteiger charge is 2.22. The number of nitrogens with zero attached hydrogens (tertiary/aromatic N) is 1. The summed E-state index contributed by atoms with van der Waals surface area (Å²) in [6.07, 6.45) is 7.13. The van der Waals surface area contributed by atoms with Crippen molar-refractivity contribution >= 4 is 33.2 Å². The van der Waals surface area contributed by atoms with Crippen LogP contribution in [-0.4, -0.2) is 9.75 Å². The number of nitro benzene ring substituents is 1. The molecule has 1 aromatic carbocycles. The van der Waals surface area contributed by atoms with Crippen molar-refractivity contribution < 1.29 is 4.92 Å². The molecular formula is C14H17BrClNO2. The fraction of sp³-hybridized carbons (Fsp3) is 0.571. The van der Waals surface area contributed by atoms with Crippen LogP contribution in [0.3, 0.4) is 0 Å². The van der Waals surface area contributed by atoms with Crippen molar-refractivity contribution in [2.75, 3.05) is 0 Å². The molecule has 2 atom stereocenters. The van der Waals surface area contributed by atoms with Crippen molar-refractivity contribution in [3.8, 4) is 0 Å². The van der Waals surface area contributed by atoms with Crippen LogP contribution in [0.4, 0.5) is 5.69 Å². The topological polar surface area (TPSA) is 43.1 Å². The summed E-state index contributed by atoms with van der Waals surface area (Å²) in [5.74, 6) is 0.571.